The lowest BCUT2D eigenvalue weighted by Gasteiger charge is -2.13. The Morgan fingerprint density at radius 1 is 1.12 bits per heavy atom. The summed E-state index contributed by atoms with van der Waals surface area (Å²) >= 11 is 0.968. The van der Waals surface area contributed by atoms with Gasteiger partial charge in [-0.05, 0) is 49.7 Å². The van der Waals surface area contributed by atoms with E-state index >= 15 is 0 Å². The Morgan fingerprint density at radius 3 is 2.60 bits per heavy atom. The van der Waals surface area contributed by atoms with E-state index in [1.54, 1.807) is 18.3 Å². The lowest BCUT2D eigenvalue weighted by atomic mass is 10.1. The van der Waals surface area contributed by atoms with Gasteiger partial charge in [0.05, 0.1) is 22.0 Å². The quantitative estimate of drug-likeness (QED) is 0.124. The maximum absolute atomic E-state index is 13.8. The molecule has 3 heterocycles. The lowest BCUT2D eigenvalue weighted by molar-refractivity contribution is -0.192. The van der Waals surface area contributed by atoms with Crippen molar-refractivity contribution in [3.05, 3.63) is 87.5 Å². The summed E-state index contributed by atoms with van der Waals surface area (Å²) in [5, 5.41) is 31.9. The van der Waals surface area contributed by atoms with Crippen LogP contribution in [0.25, 0.3) is 32.4 Å². The number of aromatic amines is 1. The molecule has 9 nitrogen and oxygen atoms in total. The van der Waals surface area contributed by atoms with Gasteiger partial charge in [-0.1, -0.05) is 35.6 Å². The number of fused-ring (bicyclic) bond motifs is 2. The summed E-state index contributed by atoms with van der Waals surface area (Å²) in [6, 6.07) is 15.3. The van der Waals surface area contributed by atoms with Gasteiger partial charge in [0, 0.05) is 34.9 Å². The number of rotatable bonds is 8. The number of hydrogen-bond donors (Lipinski definition) is 5. The third-order valence-corrected chi connectivity index (χ3v) is 6.98. The number of aromatic hydroxyl groups is 1. The van der Waals surface area contributed by atoms with Crippen molar-refractivity contribution < 1.29 is 37.7 Å². The molecule has 0 aliphatic rings. The maximum atomic E-state index is 13.8. The highest BCUT2D eigenvalue weighted by molar-refractivity contribution is 7.16. The van der Waals surface area contributed by atoms with Crippen LogP contribution in [0.4, 0.5) is 17.6 Å². The molecule has 1 atom stereocenters. The van der Waals surface area contributed by atoms with E-state index in [9.17, 15) is 32.6 Å². The van der Waals surface area contributed by atoms with Crippen LogP contribution >= 0.6 is 11.3 Å². The summed E-state index contributed by atoms with van der Waals surface area (Å²) in [5.41, 5.74) is 3.89. The molecule has 0 saturated heterocycles. The van der Waals surface area contributed by atoms with Gasteiger partial charge >= 0.3 is 17.0 Å². The molecule has 3 aromatic heterocycles. The number of nitrogens with zero attached hydrogens (tertiary/aromatic N) is 2. The van der Waals surface area contributed by atoms with Crippen LogP contribution in [-0.4, -0.2) is 55.5 Å². The zero-order valence-electron chi connectivity index (χ0n) is 21.7. The number of alkyl halides is 3. The molecular formula is C28H24F4N4O5S. The van der Waals surface area contributed by atoms with Crippen molar-refractivity contribution in [3.63, 3.8) is 0 Å². The number of H-pyrrole nitrogens is 1. The van der Waals surface area contributed by atoms with Crippen molar-refractivity contribution in [2.24, 2.45) is 0 Å². The van der Waals surface area contributed by atoms with Crippen molar-refractivity contribution in [2.45, 2.75) is 25.1 Å². The molecular weight excluding hydrogens is 580 g/mol. The van der Waals surface area contributed by atoms with E-state index in [0.29, 0.717) is 46.5 Å². The number of thiazole rings is 1. The molecule has 220 valence electrons. The zero-order valence-corrected chi connectivity index (χ0v) is 22.5. The molecule has 0 saturated carbocycles. The van der Waals surface area contributed by atoms with Crippen LogP contribution in [0.1, 0.15) is 23.8 Å². The third kappa shape index (κ3) is 7.46. The van der Waals surface area contributed by atoms with Gasteiger partial charge in [-0.3, -0.25) is 14.8 Å². The van der Waals surface area contributed by atoms with E-state index in [1.807, 2.05) is 24.3 Å². The van der Waals surface area contributed by atoms with Crippen LogP contribution in [0.3, 0.4) is 0 Å². The molecule has 0 aliphatic heterocycles. The first-order valence-electron chi connectivity index (χ1n) is 12.5. The molecule has 2 aromatic carbocycles. The predicted octanol–water partition coefficient (Wildman–Crippen LogP) is 4.93. The highest BCUT2D eigenvalue weighted by Gasteiger charge is 2.38. The Labute approximate surface area is 239 Å². The Balaban J connectivity index is 0.000000517. The molecule has 5 N–H and O–H groups in total. The number of pyridine rings is 2. The van der Waals surface area contributed by atoms with Crippen LogP contribution in [0.2, 0.25) is 0 Å². The summed E-state index contributed by atoms with van der Waals surface area (Å²) < 4.78 is 46.1. The number of aryl methyl sites for hydroxylation is 1. The number of aliphatic hydroxyl groups excluding tert-OH is 1. The molecule has 0 fully saturated rings. The lowest BCUT2D eigenvalue weighted by Crippen LogP contribution is -2.23. The molecule has 0 bridgehead atoms. The Hall–Kier alpha value is -4.40. The zero-order chi connectivity index (χ0) is 30.4. The fourth-order valence-electron chi connectivity index (χ4n) is 4.15. The molecule has 0 amide bonds. The monoisotopic (exact) mass is 604 g/mol. The summed E-state index contributed by atoms with van der Waals surface area (Å²) in [5.74, 6) is -3.09. The van der Waals surface area contributed by atoms with Gasteiger partial charge in [-0.2, -0.15) is 13.2 Å². The molecule has 5 aromatic rings. The first-order chi connectivity index (χ1) is 19.9. The number of carboxylic acids is 1. The predicted molar refractivity (Wildman–Crippen MR) is 149 cm³/mol. The van der Waals surface area contributed by atoms with Crippen molar-refractivity contribution >= 4 is 38.4 Å². The Kier molecular flexibility index (Phi) is 9.50. The summed E-state index contributed by atoms with van der Waals surface area (Å²) in [6.07, 6.45) is -2.74. The minimum Gasteiger partial charge on any atom is -0.506 e. The normalized spacial score (nSPS) is 12.2. The van der Waals surface area contributed by atoms with Crippen LogP contribution in [-0.2, 0) is 11.2 Å². The van der Waals surface area contributed by atoms with Gasteiger partial charge in [0.1, 0.15) is 17.1 Å². The van der Waals surface area contributed by atoms with Crippen molar-refractivity contribution in [1.29, 1.82) is 0 Å². The van der Waals surface area contributed by atoms with Gasteiger partial charge in [-0.15, -0.1) is 0 Å². The second kappa shape index (κ2) is 13.1. The number of aliphatic hydroxyl groups is 1. The molecule has 5 rings (SSSR count). The average molecular weight is 605 g/mol. The second-order valence-electron chi connectivity index (χ2n) is 9.07. The van der Waals surface area contributed by atoms with E-state index < -0.39 is 18.2 Å². The first kappa shape index (κ1) is 30.6. The number of benzene rings is 2. The molecule has 42 heavy (non-hydrogen) atoms. The SMILES string of the molecule is O=C(O)C(F)(F)F.O=c1[nH]c2c(O)ccc([C@@H](O)CNCCCc3cc4cccnc4c(-c4cccc(F)c4)n3)c2s1. The van der Waals surface area contributed by atoms with Crippen LogP contribution in [0.15, 0.2) is 65.6 Å². The fourth-order valence-corrected chi connectivity index (χ4v) is 5.07. The number of nitrogens with one attached hydrogen (secondary N) is 2. The largest absolute Gasteiger partial charge is 0.506 e. The highest BCUT2D eigenvalue weighted by atomic mass is 32.1. The van der Waals surface area contributed by atoms with Crippen molar-refractivity contribution in [3.8, 4) is 17.0 Å². The number of phenolic OH excluding ortho intramolecular Hbond substituents is 1. The smallest absolute Gasteiger partial charge is 0.490 e. The fraction of sp³-hybridized carbons (Fsp3) is 0.214. The van der Waals surface area contributed by atoms with E-state index in [4.69, 9.17) is 14.9 Å². The van der Waals surface area contributed by atoms with E-state index in [2.05, 4.69) is 15.3 Å². The van der Waals surface area contributed by atoms with E-state index in [-0.39, 0.29) is 16.4 Å². The molecule has 0 unspecified atom stereocenters. The number of hydrogen-bond acceptors (Lipinski definition) is 8. The van der Waals surface area contributed by atoms with Crippen LogP contribution < -0.4 is 10.2 Å². The second-order valence-corrected chi connectivity index (χ2v) is 10.0. The third-order valence-electron chi connectivity index (χ3n) is 6.05. The Bertz CT molecular complexity index is 1770. The first-order valence-corrected chi connectivity index (χ1v) is 13.3. The topological polar surface area (TPSA) is 148 Å². The number of carboxylic acid groups (broad SMARTS) is 1. The number of halogens is 4. The standard InChI is InChI=1S/C26H23FN4O3S.C2HF3O2/c27-17-6-1-4-15(12-17)23-22-16(5-2-11-29-22)13-18(30-23)7-3-10-28-14-21(33)19-8-9-20(32)24-25(19)35-26(34)31-24;3-2(4,5)1(6)7/h1-2,4-6,8-9,11-13,21,28,32-33H,3,7,10,14H2,(H,31,34);(H,6,7)/t21-;/m0./s1. The van der Waals surface area contributed by atoms with Crippen molar-refractivity contribution in [1.82, 2.24) is 20.3 Å². The van der Waals surface area contributed by atoms with Crippen LogP contribution in [0, 0.1) is 5.82 Å². The number of carbonyl (C=O) groups is 1. The minimum atomic E-state index is -5.08. The Morgan fingerprint density at radius 2 is 1.88 bits per heavy atom. The summed E-state index contributed by atoms with van der Waals surface area (Å²) in [4.78, 5) is 32.1. The maximum Gasteiger partial charge on any atom is 0.490 e. The summed E-state index contributed by atoms with van der Waals surface area (Å²) in [6.45, 7) is 0.944. The highest BCUT2D eigenvalue weighted by Crippen LogP contribution is 2.31. The van der Waals surface area contributed by atoms with Gasteiger partial charge < -0.3 is 25.6 Å². The van der Waals surface area contributed by atoms with Crippen molar-refractivity contribution in [2.75, 3.05) is 13.1 Å². The molecule has 14 heteroatoms. The molecule has 0 radical (unpaired) electrons. The van der Waals surface area contributed by atoms with Gasteiger partial charge in [0.25, 0.3) is 0 Å². The van der Waals surface area contributed by atoms with Gasteiger partial charge in [0.15, 0.2) is 0 Å². The summed E-state index contributed by atoms with van der Waals surface area (Å²) in [7, 11) is 0. The van der Waals surface area contributed by atoms with Crippen LogP contribution in [0.5, 0.6) is 5.75 Å². The number of aliphatic carboxylic acids is 1. The van der Waals surface area contributed by atoms with E-state index in [0.717, 1.165) is 34.4 Å². The minimum absolute atomic E-state index is 0.0158. The van der Waals surface area contributed by atoms with Gasteiger partial charge in [0.2, 0.25) is 0 Å². The number of aromatic nitrogens is 3. The average Bonchev–Trinajstić information content (AvgIpc) is 3.34. The molecule has 0 aliphatic carbocycles. The molecule has 0 spiro atoms. The van der Waals surface area contributed by atoms with Gasteiger partial charge in [-0.25, -0.2) is 9.18 Å². The van der Waals surface area contributed by atoms with E-state index in [1.165, 1.54) is 18.2 Å². The number of phenols is 1.